The quantitative estimate of drug-likeness (QED) is 0.177. The topological polar surface area (TPSA) is 60.1 Å². The van der Waals surface area contributed by atoms with Crippen molar-refractivity contribution >= 4 is 5.84 Å². The zero-order valence-electron chi connectivity index (χ0n) is 20.1. The maximum atomic E-state index is 7.61. The highest BCUT2D eigenvalue weighted by Crippen LogP contribution is 2.33. The molecule has 0 aliphatic heterocycles. The third-order valence-corrected chi connectivity index (χ3v) is 6.76. The molecule has 0 unspecified atom stereocenters. The second kappa shape index (κ2) is 10.4. The number of aryl methyl sites for hydroxylation is 4. The van der Waals surface area contributed by atoms with Crippen molar-refractivity contribution in [3.63, 3.8) is 0 Å². The Labute approximate surface area is 202 Å². The lowest BCUT2D eigenvalue weighted by atomic mass is 9.90. The van der Waals surface area contributed by atoms with E-state index in [1.165, 1.54) is 40.7 Å². The number of hydrogen-bond donors (Lipinski definition) is 2. The molecule has 1 aliphatic rings. The van der Waals surface area contributed by atoms with Gasteiger partial charge in [0.1, 0.15) is 0 Å². The van der Waals surface area contributed by atoms with Crippen LogP contribution < -0.4 is 0 Å². The first-order valence-corrected chi connectivity index (χ1v) is 11.8. The molecule has 0 saturated carbocycles. The van der Waals surface area contributed by atoms with Crippen molar-refractivity contribution in [1.29, 1.82) is 10.9 Å². The van der Waals surface area contributed by atoms with Gasteiger partial charge < -0.3 is 0 Å². The van der Waals surface area contributed by atoms with E-state index in [-0.39, 0.29) is 5.84 Å². The second-order valence-electron chi connectivity index (χ2n) is 8.92. The van der Waals surface area contributed by atoms with Crippen LogP contribution in [-0.4, -0.2) is 5.84 Å². The molecular formula is C31H31N3. The Hall–Kier alpha value is -3.85. The summed E-state index contributed by atoms with van der Waals surface area (Å²) in [6, 6.07) is 31.6. The number of rotatable bonds is 2. The molecule has 0 radical (unpaired) electrons. The first-order valence-electron chi connectivity index (χ1n) is 11.8. The van der Waals surface area contributed by atoms with Gasteiger partial charge in [-0.1, -0.05) is 91.9 Å². The Bertz CT molecular complexity index is 1290. The van der Waals surface area contributed by atoms with Crippen molar-refractivity contribution in [2.75, 3.05) is 0 Å². The molecular weight excluding hydrogens is 414 g/mol. The van der Waals surface area contributed by atoms with Crippen LogP contribution in [0.2, 0.25) is 0 Å². The largest absolute Gasteiger partial charge is 0.281 e. The fourth-order valence-electron chi connectivity index (χ4n) is 4.80. The lowest BCUT2D eigenvalue weighted by Crippen LogP contribution is -1.98. The summed E-state index contributed by atoms with van der Waals surface area (Å²) >= 11 is 0. The van der Waals surface area contributed by atoms with Gasteiger partial charge in [0, 0.05) is 11.5 Å². The van der Waals surface area contributed by atoms with Crippen molar-refractivity contribution in [2.24, 2.45) is 5.11 Å². The lowest BCUT2D eigenvalue weighted by molar-refractivity contribution is 0.913. The Morgan fingerprint density at radius 3 is 1.82 bits per heavy atom. The standard InChI is InChI=1S/C16H16.C15H15N3/c1-12-15-8-4-2-6-13(15)10-11-14-7-3-5-9-16(12)14;1-10-5-3-4-6-13(10)14-9-12(15(16)18-17)8-7-11(14)2/h2-9,12H,10-11H2,1H3;3-9,16-17H,1-2H3. The molecule has 1 aliphatic carbocycles. The van der Waals surface area contributed by atoms with Crippen LogP contribution in [0.15, 0.2) is 96.1 Å². The van der Waals surface area contributed by atoms with Crippen LogP contribution in [-0.2, 0) is 12.8 Å². The summed E-state index contributed by atoms with van der Waals surface area (Å²) < 4.78 is 0. The molecule has 4 aromatic rings. The van der Waals surface area contributed by atoms with Gasteiger partial charge in [-0.15, -0.1) is 5.11 Å². The zero-order valence-corrected chi connectivity index (χ0v) is 20.1. The molecule has 0 spiro atoms. The van der Waals surface area contributed by atoms with Crippen molar-refractivity contribution in [1.82, 2.24) is 0 Å². The average Bonchev–Trinajstić information content (AvgIpc) is 3.02. The maximum Gasteiger partial charge on any atom is 0.173 e. The Balaban J connectivity index is 0.000000162. The normalized spacial score (nSPS) is 12.4. The number of nitrogens with zero attached hydrogens (tertiary/aromatic N) is 1. The number of hydrogen-bond acceptors (Lipinski definition) is 2. The van der Waals surface area contributed by atoms with E-state index in [0.29, 0.717) is 11.5 Å². The summed E-state index contributed by atoms with van der Waals surface area (Å²) in [6.07, 6.45) is 2.36. The smallest absolute Gasteiger partial charge is 0.173 e. The molecule has 3 nitrogen and oxygen atoms in total. The molecule has 170 valence electrons. The van der Waals surface area contributed by atoms with Crippen LogP contribution in [0.25, 0.3) is 11.1 Å². The van der Waals surface area contributed by atoms with Gasteiger partial charge in [0.05, 0.1) is 0 Å². The molecule has 0 bridgehead atoms. The SMILES string of the molecule is CC1c2ccccc2CCc2ccccc21.Cc1ccccc1-c1cc(C(=N)N=N)ccc1C. The van der Waals surface area contributed by atoms with Gasteiger partial charge in [0.15, 0.2) is 5.84 Å². The Morgan fingerprint density at radius 1 is 0.706 bits per heavy atom. The molecule has 0 aromatic heterocycles. The number of amidine groups is 1. The minimum absolute atomic E-state index is 0.00941. The van der Waals surface area contributed by atoms with Crippen molar-refractivity contribution in [3.05, 3.63) is 130 Å². The van der Waals surface area contributed by atoms with E-state index < -0.39 is 0 Å². The van der Waals surface area contributed by atoms with Gasteiger partial charge in [-0.2, -0.15) is 0 Å². The molecule has 0 amide bonds. The first-order chi connectivity index (χ1) is 16.5. The first kappa shape index (κ1) is 23.3. The third-order valence-electron chi connectivity index (χ3n) is 6.76. The molecule has 3 heteroatoms. The molecule has 0 saturated heterocycles. The van der Waals surface area contributed by atoms with Crippen LogP contribution in [0, 0.1) is 24.8 Å². The fourth-order valence-corrected chi connectivity index (χ4v) is 4.80. The van der Waals surface area contributed by atoms with E-state index in [1.807, 2.05) is 37.3 Å². The number of nitrogens with one attached hydrogen (secondary N) is 2. The van der Waals surface area contributed by atoms with E-state index in [2.05, 4.69) is 79.6 Å². The third kappa shape index (κ3) is 4.89. The van der Waals surface area contributed by atoms with E-state index >= 15 is 0 Å². The maximum absolute atomic E-state index is 7.61. The van der Waals surface area contributed by atoms with Crippen molar-refractivity contribution in [3.8, 4) is 11.1 Å². The highest BCUT2D eigenvalue weighted by molar-refractivity contribution is 5.97. The van der Waals surface area contributed by atoms with Crippen molar-refractivity contribution in [2.45, 2.75) is 39.5 Å². The van der Waals surface area contributed by atoms with Gasteiger partial charge >= 0.3 is 0 Å². The van der Waals surface area contributed by atoms with Gasteiger partial charge in [-0.05, 0) is 77.3 Å². The minimum atomic E-state index is -0.00941. The molecule has 4 aromatic carbocycles. The molecule has 5 rings (SSSR count). The Morgan fingerprint density at radius 2 is 1.24 bits per heavy atom. The fraction of sp³-hybridized carbons (Fsp3) is 0.194. The number of benzene rings is 4. The highest BCUT2D eigenvalue weighted by atomic mass is 15.0. The van der Waals surface area contributed by atoms with Gasteiger partial charge in [0.2, 0.25) is 0 Å². The number of fused-ring (bicyclic) bond motifs is 2. The summed E-state index contributed by atoms with van der Waals surface area (Å²) in [7, 11) is 0. The van der Waals surface area contributed by atoms with E-state index in [1.54, 1.807) is 0 Å². The molecule has 0 fully saturated rings. The lowest BCUT2D eigenvalue weighted by Gasteiger charge is -2.14. The predicted octanol–water partition coefficient (Wildman–Crippen LogP) is 8.26. The predicted molar refractivity (Wildman–Crippen MR) is 141 cm³/mol. The molecule has 2 N–H and O–H groups in total. The van der Waals surface area contributed by atoms with Crippen LogP contribution in [0.5, 0.6) is 0 Å². The van der Waals surface area contributed by atoms with Crippen molar-refractivity contribution < 1.29 is 0 Å². The second-order valence-corrected chi connectivity index (χ2v) is 8.92. The van der Waals surface area contributed by atoms with Crippen LogP contribution >= 0.6 is 0 Å². The molecule has 0 atom stereocenters. The van der Waals surface area contributed by atoms with Gasteiger partial charge in [-0.25, -0.2) is 5.53 Å². The summed E-state index contributed by atoms with van der Waals surface area (Å²) in [5.41, 5.74) is 18.3. The monoisotopic (exact) mass is 445 g/mol. The minimum Gasteiger partial charge on any atom is -0.281 e. The molecule has 34 heavy (non-hydrogen) atoms. The van der Waals surface area contributed by atoms with Crippen LogP contribution in [0.1, 0.15) is 51.8 Å². The van der Waals surface area contributed by atoms with E-state index in [9.17, 15) is 0 Å². The van der Waals surface area contributed by atoms with Crippen LogP contribution in [0.3, 0.4) is 0 Å². The molecule has 0 heterocycles. The van der Waals surface area contributed by atoms with Gasteiger partial charge in [-0.3, -0.25) is 5.41 Å². The zero-order chi connectivity index (χ0) is 24.1. The van der Waals surface area contributed by atoms with E-state index in [0.717, 1.165) is 16.7 Å². The Kier molecular flexibility index (Phi) is 7.12. The van der Waals surface area contributed by atoms with Crippen LogP contribution in [0.4, 0.5) is 0 Å². The highest BCUT2D eigenvalue weighted by Gasteiger charge is 2.18. The summed E-state index contributed by atoms with van der Waals surface area (Å²) in [4.78, 5) is 0. The summed E-state index contributed by atoms with van der Waals surface area (Å²) in [5.74, 6) is 0.528. The van der Waals surface area contributed by atoms with Gasteiger partial charge in [0.25, 0.3) is 0 Å². The summed E-state index contributed by atoms with van der Waals surface area (Å²) in [6.45, 7) is 6.44. The van der Waals surface area contributed by atoms with E-state index in [4.69, 9.17) is 10.9 Å². The summed E-state index contributed by atoms with van der Waals surface area (Å²) in [5, 5.41) is 10.8. The average molecular weight is 446 g/mol.